The highest BCUT2D eigenvalue weighted by Gasteiger charge is 2.47. The fourth-order valence-corrected chi connectivity index (χ4v) is 12.0. The molecule has 0 spiro atoms. The zero-order valence-electron chi connectivity index (χ0n) is 43.3. The number of fused-ring (bicyclic) bond motifs is 13. The number of anilines is 3. The molecule has 3 aromatic heterocycles. The molecule has 0 fully saturated rings. The van der Waals surface area contributed by atoms with Crippen LogP contribution in [0, 0.1) is 0 Å². The van der Waals surface area contributed by atoms with Crippen molar-refractivity contribution in [2.45, 2.75) is 105 Å². The number of hydrogen-bond donors (Lipinski definition) is 0. The minimum Gasteiger partial charge on any atom is -0.466 e. The number of rotatable bonds is 3. The third kappa shape index (κ3) is 6.44. The van der Waals surface area contributed by atoms with Crippen LogP contribution in [0.25, 0.3) is 82.5 Å². The third-order valence-electron chi connectivity index (χ3n) is 15.9. The molecule has 8 aromatic carbocycles. The van der Waals surface area contributed by atoms with Gasteiger partial charge >= 0.3 is 6.85 Å². The smallest absolute Gasteiger partial charge is 0.375 e. The van der Waals surface area contributed by atoms with Gasteiger partial charge in [0.05, 0.1) is 16.7 Å². The summed E-state index contributed by atoms with van der Waals surface area (Å²) in [6.45, 7) is 27.7. The van der Waals surface area contributed by atoms with Gasteiger partial charge in [-0.05, 0) is 139 Å². The van der Waals surface area contributed by atoms with E-state index in [0.717, 1.165) is 33.7 Å². The molecule has 0 unspecified atom stereocenters. The fourth-order valence-electron chi connectivity index (χ4n) is 12.0. The monoisotopic (exact) mass is 923 g/mol. The molecule has 2 aliphatic heterocycles. The molecule has 0 saturated heterocycles. The lowest BCUT2D eigenvalue weighted by Gasteiger charge is -2.40. The van der Waals surface area contributed by atoms with Crippen molar-refractivity contribution < 1.29 is 4.42 Å². The van der Waals surface area contributed by atoms with E-state index in [2.05, 4.69) is 255 Å². The number of aromatic nitrogens is 2. The van der Waals surface area contributed by atoms with Crippen LogP contribution < -0.4 is 16.0 Å². The second kappa shape index (κ2) is 14.7. The zero-order valence-corrected chi connectivity index (χ0v) is 43.3. The molecule has 13 rings (SSSR count). The molecule has 350 valence electrons. The molecule has 0 N–H and O–H groups in total. The molecule has 4 nitrogen and oxygen atoms in total. The van der Waals surface area contributed by atoms with Gasteiger partial charge in [-0.15, -0.1) is 0 Å². The molecule has 11 aromatic rings. The van der Waals surface area contributed by atoms with Crippen molar-refractivity contribution in [3.8, 4) is 27.9 Å². The van der Waals surface area contributed by atoms with Gasteiger partial charge in [-0.1, -0.05) is 168 Å². The van der Waals surface area contributed by atoms with Gasteiger partial charge in [0.25, 0.3) is 0 Å². The van der Waals surface area contributed by atoms with E-state index in [1.54, 1.807) is 0 Å². The van der Waals surface area contributed by atoms with Crippen LogP contribution in [0.1, 0.15) is 105 Å². The SMILES string of the molecule is CC(C)(C)c1ccc(-c2ccc3oc4c(c3c2)N(c2ccc(C(C)(C)C)cc2)c2cc(C(C)(C)C)cc3c2B4n2c4ccc5c(c6ccccc6n5-c5ccccc5)c4c4cc(C(C)(C)C)cc-3c42)cc1. The highest BCUT2D eigenvalue weighted by molar-refractivity contribution is 6.89. The lowest BCUT2D eigenvalue weighted by molar-refractivity contribution is 0.589. The van der Waals surface area contributed by atoms with Crippen molar-refractivity contribution in [2.24, 2.45) is 0 Å². The van der Waals surface area contributed by atoms with Crippen molar-refractivity contribution in [3.63, 3.8) is 0 Å². The van der Waals surface area contributed by atoms with Crippen LogP contribution in [-0.2, 0) is 21.7 Å². The Morgan fingerprint density at radius 3 is 1.68 bits per heavy atom. The van der Waals surface area contributed by atoms with Gasteiger partial charge < -0.3 is 18.4 Å². The first kappa shape index (κ1) is 43.8. The van der Waals surface area contributed by atoms with Crippen LogP contribution in [0.4, 0.5) is 17.1 Å². The maximum Gasteiger partial charge on any atom is 0.375 e. The molecule has 0 saturated carbocycles. The van der Waals surface area contributed by atoms with E-state index < -0.39 is 0 Å². The van der Waals surface area contributed by atoms with E-state index in [4.69, 9.17) is 4.42 Å². The highest BCUT2D eigenvalue weighted by Crippen LogP contribution is 2.52. The molecule has 0 aliphatic carbocycles. The van der Waals surface area contributed by atoms with Crippen LogP contribution in [0.3, 0.4) is 0 Å². The first-order valence-corrected chi connectivity index (χ1v) is 25.6. The Morgan fingerprint density at radius 2 is 1.00 bits per heavy atom. The fraction of sp³-hybridized carbons (Fsp3) is 0.242. The first-order valence-electron chi connectivity index (χ1n) is 25.6. The quantitative estimate of drug-likeness (QED) is 0.165. The largest absolute Gasteiger partial charge is 0.466 e. The van der Waals surface area contributed by atoms with Crippen LogP contribution >= 0.6 is 0 Å². The molecule has 5 heterocycles. The lowest BCUT2D eigenvalue weighted by atomic mass is 9.47. The predicted molar refractivity (Wildman–Crippen MR) is 304 cm³/mol. The minimum absolute atomic E-state index is 0.00984. The maximum absolute atomic E-state index is 7.52. The second-order valence-electron chi connectivity index (χ2n) is 24.7. The van der Waals surface area contributed by atoms with Crippen molar-refractivity contribution in [2.75, 3.05) is 4.90 Å². The summed E-state index contributed by atoms with van der Waals surface area (Å²) in [5, 5.41) is 6.23. The van der Waals surface area contributed by atoms with Crippen LogP contribution in [0.15, 0.2) is 162 Å². The van der Waals surface area contributed by atoms with E-state index in [0.29, 0.717) is 0 Å². The van der Waals surface area contributed by atoms with Crippen molar-refractivity contribution in [3.05, 3.63) is 180 Å². The number of nitrogens with zero attached hydrogens (tertiary/aromatic N) is 3. The van der Waals surface area contributed by atoms with E-state index in [-0.39, 0.29) is 28.5 Å². The van der Waals surface area contributed by atoms with Gasteiger partial charge in [0.2, 0.25) is 0 Å². The predicted octanol–water partition coefficient (Wildman–Crippen LogP) is 16.9. The van der Waals surface area contributed by atoms with Gasteiger partial charge in [-0.3, -0.25) is 0 Å². The Bertz CT molecular complexity index is 4000. The Hall–Kier alpha value is -7.24. The number of para-hydroxylation sites is 2. The van der Waals surface area contributed by atoms with Crippen molar-refractivity contribution in [1.29, 1.82) is 0 Å². The Morgan fingerprint density at radius 1 is 0.423 bits per heavy atom. The summed E-state index contributed by atoms with van der Waals surface area (Å²) in [7, 11) is 0. The summed E-state index contributed by atoms with van der Waals surface area (Å²) in [6, 6.07) is 60.0. The van der Waals surface area contributed by atoms with Crippen LogP contribution in [-0.4, -0.2) is 15.9 Å². The minimum atomic E-state index is -0.246. The van der Waals surface area contributed by atoms with Gasteiger partial charge in [0.15, 0.2) is 0 Å². The lowest BCUT2D eigenvalue weighted by Crippen LogP contribution is -2.56. The molecule has 0 bridgehead atoms. The van der Waals surface area contributed by atoms with Gasteiger partial charge in [-0.2, -0.15) is 0 Å². The summed E-state index contributed by atoms with van der Waals surface area (Å²) in [6.07, 6.45) is 0. The Balaban J connectivity index is 1.19. The maximum atomic E-state index is 7.52. The molecule has 71 heavy (non-hydrogen) atoms. The topological polar surface area (TPSA) is 26.2 Å². The third-order valence-corrected chi connectivity index (χ3v) is 15.9. The molecular formula is C66H62BN3O. The van der Waals surface area contributed by atoms with Crippen molar-refractivity contribution in [1.82, 2.24) is 9.05 Å². The Kier molecular flexibility index (Phi) is 9.04. The first-order chi connectivity index (χ1) is 33.8. The van der Waals surface area contributed by atoms with E-state index >= 15 is 0 Å². The average Bonchev–Trinajstić information content (AvgIpc) is 4.00. The van der Waals surface area contributed by atoms with Crippen LogP contribution in [0.2, 0.25) is 0 Å². The van der Waals surface area contributed by atoms with Gasteiger partial charge in [0, 0.05) is 60.6 Å². The normalized spacial score (nSPS) is 13.9. The summed E-state index contributed by atoms with van der Waals surface area (Å²) in [5.41, 5.74) is 22.7. The number of benzene rings is 8. The molecule has 2 aliphatic rings. The van der Waals surface area contributed by atoms with Crippen molar-refractivity contribution >= 4 is 89.6 Å². The molecular weight excluding hydrogens is 862 g/mol. The summed E-state index contributed by atoms with van der Waals surface area (Å²) in [4.78, 5) is 2.55. The standard InChI is InChI=1S/C66H62BN3O/c1-63(2,3)41-25-22-39(23-26-41)40-24-33-56-50(34-40)61-62(71-56)67-59-48(35-44(66(10,11)12)38-55(59)69(61)46-29-27-42(28-30-46)64(4,5)6)49-36-43(65(7,8)9)37-51-58-54(70(67)60(49)51)32-31-53-57(58)47-20-16-17-21-52(47)68(53)45-18-14-13-15-19-45/h13-38H,1-12H3. The summed E-state index contributed by atoms with van der Waals surface area (Å²) in [5.74, 6) is 0. The van der Waals surface area contributed by atoms with Crippen LogP contribution in [0.5, 0.6) is 0 Å². The molecule has 0 atom stereocenters. The average molecular weight is 924 g/mol. The highest BCUT2D eigenvalue weighted by atomic mass is 16.3. The molecule has 5 heteroatoms. The number of hydrogen-bond acceptors (Lipinski definition) is 2. The molecule has 0 amide bonds. The summed E-state index contributed by atoms with van der Waals surface area (Å²) < 4.78 is 12.7. The van der Waals surface area contributed by atoms with E-state index in [1.807, 2.05) is 0 Å². The zero-order chi connectivity index (χ0) is 49.3. The van der Waals surface area contributed by atoms with Gasteiger partial charge in [-0.25, -0.2) is 0 Å². The number of furan rings is 1. The van der Waals surface area contributed by atoms with E-state index in [9.17, 15) is 0 Å². The second-order valence-corrected chi connectivity index (χ2v) is 24.7. The van der Waals surface area contributed by atoms with E-state index in [1.165, 1.54) is 99.3 Å². The summed E-state index contributed by atoms with van der Waals surface area (Å²) >= 11 is 0. The Labute approximate surface area is 418 Å². The van der Waals surface area contributed by atoms with Gasteiger partial charge in [0.1, 0.15) is 11.2 Å². The molecule has 0 radical (unpaired) electrons.